The molecule has 0 heterocycles. The van der Waals surface area contributed by atoms with Gasteiger partial charge in [0.2, 0.25) is 0 Å². The third kappa shape index (κ3) is 5.17. The first-order chi connectivity index (χ1) is 14.5. The van der Waals surface area contributed by atoms with Crippen LogP contribution in [0.25, 0.3) is 0 Å². The summed E-state index contributed by atoms with van der Waals surface area (Å²) in [6, 6.07) is 22.5. The van der Waals surface area contributed by atoms with E-state index in [1.807, 2.05) is 60.7 Å². The maximum atomic E-state index is 12.9. The minimum atomic E-state index is -0.212. The lowest BCUT2D eigenvalue weighted by Crippen LogP contribution is -2.21. The highest BCUT2D eigenvalue weighted by Gasteiger charge is 2.14. The zero-order valence-corrected chi connectivity index (χ0v) is 18.6. The predicted molar refractivity (Wildman–Crippen MR) is 131 cm³/mol. The Morgan fingerprint density at radius 3 is 2.10 bits per heavy atom. The lowest BCUT2D eigenvalue weighted by molar-refractivity contribution is 0.102. The van der Waals surface area contributed by atoms with Crippen LogP contribution in [0, 0.1) is 0 Å². The minimum absolute atomic E-state index is 0.212. The number of amides is 1. The molecular weight excluding hydrogens is 414 g/mol. The number of nitrogens with one attached hydrogen (secondary N) is 2. The van der Waals surface area contributed by atoms with Crippen molar-refractivity contribution in [3.63, 3.8) is 0 Å². The smallest absolute Gasteiger partial charge is 0.257 e. The molecule has 3 rings (SSSR count). The van der Waals surface area contributed by atoms with Crippen LogP contribution in [0.5, 0.6) is 0 Å². The number of anilines is 3. The van der Waals surface area contributed by atoms with Crippen LogP contribution in [0.1, 0.15) is 29.8 Å². The fraction of sp³-hybridized carbons (Fsp3) is 0.167. The molecule has 0 bridgehead atoms. The van der Waals surface area contributed by atoms with E-state index in [2.05, 4.69) is 29.4 Å². The second kappa shape index (κ2) is 10.2. The van der Waals surface area contributed by atoms with Crippen LogP contribution in [0.4, 0.5) is 17.1 Å². The van der Waals surface area contributed by atoms with E-state index in [0.717, 1.165) is 30.0 Å². The zero-order valence-electron chi connectivity index (χ0n) is 17.0. The van der Waals surface area contributed by atoms with Crippen molar-refractivity contribution in [3.05, 3.63) is 88.9 Å². The quantitative estimate of drug-likeness (QED) is 0.430. The van der Waals surface area contributed by atoms with E-state index in [-0.39, 0.29) is 5.91 Å². The van der Waals surface area contributed by atoms with Gasteiger partial charge in [0.1, 0.15) is 4.99 Å². The fourth-order valence-electron chi connectivity index (χ4n) is 3.17. The Balaban J connectivity index is 1.76. The van der Waals surface area contributed by atoms with Crippen molar-refractivity contribution in [2.45, 2.75) is 13.8 Å². The van der Waals surface area contributed by atoms with Gasteiger partial charge in [0.05, 0.1) is 16.3 Å². The Hall–Kier alpha value is -2.89. The molecule has 1 amide bonds. The highest BCUT2D eigenvalue weighted by Crippen LogP contribution is 2.23. The molecule has 2 N–H and O–H groups in total. The number of thiocarbonyl (C=S) groups is 1. The lowest BCUT2D eigenvalue weighted by atomic mass is 10.1. The van der Waals surface area contributed by atoms with Gasteiger partial charge in [0.15, 0.2) is 0 Å². The maximum Gasteiger partial charge on any atom is 0.257 e. The van der Waals surface area contributed by atoms with Gasteiger partial charge in [-0.3, -0.25) is 4.79 Å². The molecular formula is C24H24ClN3OS. The van der Waals surface area contributed by atoms with E-state index < -0.39 is 0 Å². The van der Waals surface area contributed by atoms with Gasteiger partial charge in [-0.05, 0) is 56.3 Å². The van der Waals surface area contributed by atoms with Gasteiger partial charge < -0.3 is 15.5 Å². The Morgan fingerprint density at radius 2 is 1.47 bits per heavy atom. The van der Waals surface area contributed by atoms with Crippen LogP contribution < -0.4 is 15.5 Å². The van der Waals surface area contributed by atoms with Gasteiger partial charge in [-0.25, -0.2) is 0 Å². The summed E-state index contributed by atoms with van der Waals surface area (Å²) in [5, 5.41) is 6.67. The highest BCUT2D eigenvalue weighted by molar-refractivity contribution is 7.81. The number of nitrogens with zero attached hydrogens (tertiary/aromatic N) is 1. The molecule has 0 aliphatic rings. The molecule has 0 radical (unpaired) electrons. The maximum absolute atomic E-state index is 12.9. The summed E-state index contributed by atoms with van der Waals surface area (Å²) in [6.45, 7) is 6.12. The van der Waals surface area contributed by atoms with Crippen LogP contribution in [-0.2, 0) is 0 Å². The molecule has 30 heavy (non-hydrogen) atoms. The number of carbonyl (C=O) groups excluding carboxylic acids is 1. The SMILES string of the molecule is CCN(CC)c1ccc(NC(=O)c2ccccc2NC(=S)c2ccccc2Cl)cc1. The van der Waals surface area contributed by atoms with Gasteiger partial charge in [0.25, 0.3) is 5.91 Å². The second-order valence-electron chi connectivity index (χ2n) is 6.65. The highest BCUT2D eigenvalue weighted by atomic mass is 35.5. The molecule has 0 unspecified atom stereocenters. The average Bonchev–Trinajstić information content (AvgIpc) is 2.76. The van der Waals surface area contributed by atoms with Gasteiger partial charge in [-0.15, -0.1) is 0 Å². The Morgan fingerprint density at radius 1 is 0.867 bits per heavy atom. The van der Waals surface area contributed by atoms with Crippen molar-refractivity contribution in [2.24, 2.45) is 0 Å². The van der Waals surface area contributed by atoms with E-state index in [0.29, 0.717) is 21.3 Å². The summed E-state index contributed by atoms with van der Waals surface area (Å²) in [4.78, 5) is 15.6. The van der Waals surface area contributed by atoms with Gasteiger partial charge in [-0.1, -0.05) is 54.2 Å². The number of hydrogen-bond acceptors (Lipinski definition) is 3. The molecule has 0 saturated heterocycles. The summed E-state index contributed by atoms with van der Waals surface area (Å²) in [7, 11) is 0. The van der Waals surface area contributed by atoms with Crippen molar-refractivity contribution < 1.29 is 4.79 Å². The molecule has 0 fully saturated rings. The Bertz CT molecular complexity index is 1030. The molecule has 0 aromatic heterocycles. The minimum Gasteiger partial charge on any atom is -0.372 e. The standard InChI is InChI=1S/C24H24ClN3OS/c1-3-28(4-2)18-15-13-17(14-16-18)26-23(29)20-10-6-8-12-22(20)27-24(30)19-9-5-7-11-21(19)25/h5-16H,3-4H2,1-2H3,(H,26,29)(H,27,30). The molecule has 0 aliphatic heterocycles. The van der Waals surface area contributed by atoms with Crippen LogP contribution >= 0.6 is 23.8 Å². The molecule has 0 atom stereocenters. The number of para-hydroxylation sites is 1. The Labute approximate surface area is 187 Å². The molecule has 3 aromatic carbocycles. The van der Waals surface area contributed by atoms with E-state index >= 15 is 0 Å². The van der Waals surface area contributed by atoms with Gasteiger partial charge >= 0.3 is 0 Å². The number of hydrogen-bond donors (Lipinski definition) is 2. The monoisotopic (exact) mass is 437 g/mol. The third-order valence-corrected chi connectivity index (χ3v) is 5.44. The summed E-state index contributed by atoms with van der Waals surface area (Å²) in [5.74, 6) is -0.212. The Kier molecular flexibility index (Phi) is 7.44. The first-order valence-corrected chi connectivity index (χ1v) is 10.6. The van der Waals surface area contributed by atoms with E-state index in [4.69, 9.17) is 23.8 Å². The molecule has 3 aromatic rings. The largest absolute Gasteiger partial charge is 0.372 e. The van der Waals surface area contributed by atoms with E-state index in [1.165, 1.54) is 0 Å². The number of rotatable bonds is 7. The molecule has 0 saturated carbocycles. The molecule has 4 nitrogen and oxygen atoms in total. The first kappa shape index (κ1) is 21.8. The number of benzene rings is 3. The summed E-state index contributed by atoms with van der Waals surface area (Å²) in [6.07, 6.45) is 0. The molecule has 6 heteroatoms. The molecule has 0 spiro atoms. The number of carbonyl (C=O) groups is 1. The topological polar surface area (TPSA) is 44.4 Å². The molecule has 154 valence electrons. The van der Waals surface area contributed by atoms with Crippen molar-refractivity contribution >= 4 is 51.8 Å². The fourth-order valence-corrected chi connectivity index (χ4v) is 3.74. The van der Waals surface area contributed by atoms with Crippen molar-refractivity contribution in [1.82, 2.24) is 0 Å². The summed E-state index contributed by atoms with van der Waals surface area (Å²) < 4.78 is 0. The zero-order chi connectivity index (χ0) is 21.5. The van der Waals surface area contributed by atoms with E-state index in [1.54, 1.807) is 12.1 Å². The number of halogens is 1. The van der Waals surface area contributed by atoms with Gasteiger partial charge in [-0.2, -0.15) is 0 Å². The van der Waals surface area contributed by atoms with Gasteiger partial charge in [0, 0.05) is 30.0 Å². The summed E-state index contributed by atoms with van der Waals surface area (Å²) >= 11 is 11.7. The second-order valence-corrected chi connectivity index (χ2v) is 7.47. The molecule has 0 aliphatic carbocycles. The van der Waals surface area contributed by atoms with Crippen LogP contribution in [-0.4, -0.2) is 24.0 Å². The van der Waals surface area contributed by atoms with Crippen LogP contribution in [0.3, 0.4) is 0 Å². The van der Waals surface area contributed by atoms with Crippen LogP contribution in [0.15, 0.2) is 72.8 Å². The lowest BCUT2D eigenvalue weighted by Gasteiger charge is -2.21. The third-order valence-electron chi connectivity index (χ3n) is 4.79. The average molecular weight is 438 g/mol. The summed E-state index contributed by atoms with van der Waals surface area (Å²) in [5.41, 5.74) is 3.71. The van der Waals surface area contributed by atoms with Crippen LogP contribution in [0.2, 0.25) is 5.02 Å². The predicted octanol–water partition coefficient (Wildman–Crippen LogP) is 6.23. The normalized spacial score (nSPS) is 10.4. The van der Waals surface area contributed by atoms with E-state index in [9.17, 15) is 4.79 Å². The van der Waals surface area contributed by atoms with Crippen molar-refractivity contribution in [1.29, 1.82) is 0 Å². The first-order valence-electron chi connectivity index (χ1n) is 9.84. The van der Waals surface area contributed by atoms with Crippen molar-refractivity contribution in [3.8, 4) is 0 Å². The van der Waals surface area contributed by atoms with Crippen molar-refractivity contribution in [2.75, 3.05) is 28.6 Å².